The molecule has 1 aromatic heterocycles. The van der Waals surface area contributed by atoms with Crippen LogP contribution in [-0.2, 0) is 4.79 Å². The number of esters is 1. The van der Waals surface area contributed by atoms with Crippen LogP contribution in [0.25, 0.3) is 0 Å². The summed E-state index contributed by atoms with van der Waals surface area (Å²) in [5.41, 5.74) is 0.815. The Balaban J connectivity index is 0.000000175. The molecular weight excluding hydrogens is 582 g/mol. The number of carbonyl (C=O) groups is 2. The van der Waals surface area contributed by atoms with Gasteiger partial charge >= 0.3 is 5.97 Å². The Labute approximate surface area is 260 Å². The molecule has 0 radical (unpaired) electrons. The molecule has 0 bridgehead atoms. The molecule has 6 aromatic rings. The smallest absolute Gasteiger partial charge is 0.308 e. The molecule has 0 N–H and O–H groups in total. The lowest BCUT2D eigenvalue weighted by atomic mass is 10.3. The molecule has 0 fully saturated rings. The summed E-state index contributed by atoms with van der Waals surface area (Å²) in [6.45, 7) is 3.00. The fourth-order valence-electron chi connectivity index (χ4n) is 4.71. The second-order valence-corrected chi connectivity index (χ2v) is 14.0. The number of imidazole rings is 1. The SMILES string of the molecule is CC(=O)Oc1ccccc1P(c1ccccc1)c1ccccc1.CC(=O)n1ccnc1P(c1ccccc1)c1ccccc1. The highest BCUT2D eigenvalue weighted by molar-refractivity contribution is 7.80. The van der Waals surface area contributed by atoms with E-state index in [2.05, 4.69) is 53.5 Å². The Kier molecular flexibility index (Phi) is 10.6. The number of ether oxygens (including phenoxy) is 1. The van der Waals surface area contributed by atoms with E-state index in [0.717, 1.165) is 10.9 Å². The predicted octanol–water partition coefficient (Wildman–Crippen LogP) is 5.67. The van der Waals surface area contributed by atoms with Gasteiger partial charge in [0.15, 0.2) is 0 Å². The van der Waals surface area contributed by atoms with Gasteiger partial charge in [0.05, 0.1) is 0 Å². The van der Waals surface area contributed by atoms with Gasteiger partial charge in [-0.1, -0.05) is 140 Å². The molecule has 7 heteroatoms. The monoisotopic (exact) mass is 614 g/mol. The van der Waals surface area contributed by atoms with E-state index in [0.29, 0.717) is 5.75 Å². The molecule has 0 saturated heterocycles. The highest BCUT2D eigenvalue weighted by atomic mass is 31.1. The summed E-state index contributed by atoms with van der Waals surface area (Å²) in [6.07, 6.45) is 3.43. The number of para-hydroxylation sites is 1. The first-order chi connectivity index (χ1) is 21.5. The first kappa shape index (κ1) is 30.8. The van der Waals surface area contributed by atoms with Crippen molar-refractivity contribution in [2.75, 3.05) is 0 Å². The van der Waals surface area contributed by atoms with Crippen molar-refractivity contribution in [3.63, 3.8) is 0 Å². The first-order valence-corrected chi connectivity index (χ1v) is 16.8. The molecule has 218 valence electrons. The van der Waals surface area contributed by atoms with Crippen molar-refractivity contribution in [1.29, 1.82) is 0 Å². The van der Waals surface area contributed by atoms with Crippen LogP contribution in [0.2, 0.25) is 0 Å². The molecule has 5 nitrogen and oxygen atoms in total. The fraction of sp³-hybridized carbons (Fsp3) is 0.0541. The van der Waals surface area contributed by atoms with E-state index in [1.165, 1.54) is 28.1 Å². The molecule has 0 aliphatic heterocycles. The van der Waals surface area contributed by atoms with Crippen LogP contribution >= 0.6 is 15.8 Å². The van der Waals surface area contributed by atoms with E-state index in [9.17, 15) is 9.59 Å². The number of nitrogens with zero attached hydrogens (tertiary/aromatic N) is 2. The zero-order chi connectivity index (χ0) is 30.7. The maximum atomic E-state index is 11.8. The van der Waals surface area contributed by atoms with Gasteiger partial charge in [-0.15, -0.1) is 0 Å². The average Bonchev–Trinajstić information content (AvgIpc) is 3.54. The summed E-state index contributed by atoms with van der Waals surface area (Å²) >= 11 is 0. The van der Waals surface area contributed by atoms with Gasteiger partial charge in [0.2, 0.25) is 5.91 Å². The van der Waals surface area contributed by atoms with Crippen molar-refractivity contribution in [3.05, 3.63) is 158 Å². The molecule has 0 atom stereocenters. The molecule has 5 aromatic carbocycles. The Hall–Kier alpha value is -4.69. The van der Waals surface area contributed by atoms with Gasteiger partial charge in [-0.3, -0.25) is 14.2 Å². The van der Waals surface area contributed by atoms with Crippen LogP contribution in [-0.4, -0.2) is 21.4 Å². The Morgan fingerprint density at radius 2 is 0.977 bits per heavy atom. The van der Waals surface area contributed by atoms with Gasteiger partial charge in [0.1, 0.15) is 11.3 Å². The molecule has 0 unspecified atom stereocenters. The summed E-state index contributed by atoms with van der Waals surface area (Å²) in [4.78, 5) is 27.7. The van der Waals surface area contributed by atoms with Gasteiger partial charge in [-0.25, -0.2) is 4.98 Å². The maximum absolute atomic E-state index is 11.8. The second kappa shape index (κ2) is 15.2. The van der Waals surface area contributed by atoms with Gasteiger partial charge < -0.3 is 4.74 Å². The van der Waals surface area contributed by atoms with E-state index in [1.54, 1.807) is 23.9 Å². The van der Waals surface area contributed by atoms with E-state index in [-0.39, 0.29) is 11.9 Å². The number of benzene rings is 5. The first-order valence-electron chi connectivity index (χ1n) is 14.1. The minimum Gasteiger partial charge on any atom is -0.426 e. The number of aromatic nitrogens is 2. The van der Waals surface area contributed by atoms with E-state index < -0.39 is 15.8 Å². The number of hydrogen-bond acceptors (Lipinski definition) is 4. The van der Waals surface area contributed by atoms with Gasteiger partial charge in [0.25, 0.3) is 0 Å². The average molecular weight is 615 g/mol. The summed E-state index contributed by atoms with van der Waals surface area (Å²) in [6, 6.07) is 49.0. The van der Waals surface area contributed by atoms with Crippen LogP contribution < -0.4 is 36.8 Å². The fourth-order valence-corrected chi connectivity index (χ4v) is 9.38. The quantitative estimate of drug-likeness (QED) is 0.132. The van der Waals surface area contributed by atoms with Crippen LogP contribution in [0, 0.1) is 0 Å². The summed E-state index contributed by atoms with van der Waals surface area (Å²) < 4.78 is 7.09. The van der Waals surface area contributed by atoms with Crippen LogP contribution in [0.15, 0.2) is 158 Å². The van der Waals surface area contributed by atoms with Crippen LogP contribution in [0.4, 0.5) is 0 Å². The standard InChI is InChI=1S/C20H17O2P.C17H15N2OP/c1-16(21)22-19-14-8-9-15-20(19)23(17-10-4-2-5-11-17)18-12-6-3-7-13-18;1-14(20)19-13-12-18-17(19)21(15-8-4-2-5-9-15)16-10-6-3-7-11-16/h2-15H,1H3;2-13H,1H3. The molecule has 0 saturated carbocycles. The molecule has 0 spiro atoms. The summed E-state index contributed by atoms with van der Waals surface area (Å²) in [5, 5.41) is 5.89. The van der Waals surface area contributed by atoms with E-state index in [1.807, 2.05) is 97.1 Å². The van der Waals surface area contributed by atoms with Crippen LogP contribution in [0.1, 0.15) is 18.6 Å². The number of carbonyl (C=O) groups excluding carboxylic acids is 2. The molecule has 44 heavy (non-hydrogen) atoms. The molecule has 0 aliphatic carbocycles. The minimum absolute atomic E-state index is 0.0122. The lowest BCUT2D eigenvalue weighted by Crippen LogP contribution is -2.29. The van der Waals surface area contributed by atoms with Crippen molar-refractivity contribution < 1.29 is 14.3 Å². The third kappa shape index (κ3) is 7.63. The van der Waals surface area contributed by atoms with Crippen molar-refractivity contribution >= 4 is 59.8 Å². The second-order valence-electron chi connectivity index (χ2n) is 9.69. The Morgan fingerprint density at radius 1 is 0.568 bits per heavy atom. The van der Waals surface area contributed by atoms with Crippen LogP contribution in [0.5, 0.6) is 5.75 Å². The molecule has 1 heterocycles. The lowest BCUT2D eigenvalue weighted by molar-refractivity contribution is -0.131. The molecule has 0 aliphatic rings. The van der Waals surface area contributed by atoms with Crippen molar-refractivity contribution in [1.82, 2.24) is 9.55 Å². The van der Waals surface area contributed by atoms with Crippen molar-refractivity contribution in [2.24, 2.45) is 0 Å². The van der Waals surface area contributed by atoms with E-state index in [4.69, 9.17) is 4.74 Å². The van der Waals surface area contributed by atoms with Gasteiger partial charge in [0, 0.05) is 39.5 Å². The minimum atomic E-state index is -0.831. The topological polar surface area (TPSA) is 61.2 Å². The van der Waals surface area contributed by atoms with Crippen molar-refractivity contribution in [2.45, 2.75) is 13.8 Å². The van der Waals surface area contributed by atoms with Crippen LogP contribution in [0.3, 0.4) is 0 Å². The lowest BCUT2D eigenvalue weighted by Gasteiger charge is -2.21. The largest absolute Gasteiger partial charge is 0.426 e. The number of rotatable bonds is 7. The Bertz CT molecular complexity index is 1720. The normalized spacial score (nSPS) is 10.6. The summed E-state index contributed by atoms with van der Waals surface area (Å²) in [7, 11) is -1.61. The van der Waals surface area contributed by atoms with Gasteiger partial charge in [-0.2, -0.15) is 0 Å². The zero-order valence-electron chi connectivity index (χ0n) is 24.5. The van der Waals surface area contributed by atoms with E-state index >= 15 is 0 Å². The van der Waals surface area contributed by atoms with Crippen molar-refractivity contribution in [3.8, 4) is 5.75 Å². The highest BCUT2D eigenvalue weighted by Gasteiger charge is 2.22. The van der Waals surface area contributed by atoms with Gasteiger partial charge in [-0.05, 0) is 35.2 Å². The molecule has 0 amide bonds. The maximum Gasteiger partial charge on any atom is 0.308 e. The third-order valence-electron chi connectivity index (χ3n) is 6.58. The molecular formula is C37H32N2O3P2. The Morgan fingerprint density at radius 3 is 1.41 bits per heavy atom. The highest BCUT2D eigenvalue weighted by Crippen LogP contribution is 2.36. The number of hydrogen-bond donors (Lipinski definition) is 0. The zero-order valence-corrected chi connectivity index (χ0v) is 26.3. The third-order valence-corrected chi connectivity index (χ3v) is 11.4. The predicted molar refractivity (Wildman–Crippen MR) is 184 cm³/mol. The summed E-state index contributed by atoms with van der Waals surface area (Å²) in [5.74, 6) is 0.328. The molecule has 6 rings (SSSR count).